The Bertz CT molecular complexity index is 2140. The minimum atomic E-state index is -0.600. The van der Waals surface area contributed by atoms with Crippen LogP contribution in [-0.4, -0.2) is 88.3 Å². The fourth-order valence-electron chi connectivity index (χ4n) is 7.41. The number of nitrogens with one attached hydrogen (secondary N) is 2. The molecule has 0 fully saturated rings. The van der Waals surface area contributed by atoms with E-state index in [1.165, 1.54) is 18.4 Å². The van der Waals surface area contributed by atoms with Crippen LogP contribution in [0.15, 0.2) is 60.9 Å². The number of ether oxygens (including phenoxy) is 2. The molecule has 0 spiro atoms. The summed E-state index contributed by atoms with van der Waals surface area (Å²) >= 11 is 1.46. The van der Waals surface area contributed by atoms with Crippen molar-refractivity contribution in [1.82, 2.24) is 19.8 Å². The predicted octanol–water partition coefficient (Wildman–Crippen LogP) is 8.06. The van der Waals surface area contributed by atoms with Gasteiger partial charge in [-0.05, 0) is 120 Å². The average molecular weight is 853 g/mol. The minimum absolute atomic E-state index is 0.0294. The summed E-state index contributed by atoms with van der Waals surface area (Å²) in [4.78, 5) is 78.9. The molecular weight excluding hydrogens is 793 g/mol. The van der Waals surface area contributed by atoms with Gasteiger partial charge in [0.1, 0.15) is 10.6 Å². The first kappa shape index (κ1) is 46.6. The molecule has 326 valence electrons. The SMILES string of the molecule is CCC(CC)N(CCN(C)C(=O)CCC(=O)OC(C)(C)C)Cc1cc(C(=O)Nc2sc3c(c2C(=O)Nc2ccc(CCc4ccc(C(=O)OC)cc4)nc2)CCCC3)ccn1. The van der Waals surface area contributed by atoms with E-state index in [-0.39, 0.29) is 42.6 Å². The van der Waals surface area contributed by atoms with Crippen molar-refractivity contribution in [1.29, 1.82) is 0 Å². The lowest BCUT2D eigenvalue weighted by Crippen LogP contribution is -2.41. The molecule has 1 aromatic carbocycles. The molecule has 3 heterocycles. The number of hydrogen-bond acceptors (Lipinski definition) is 11. The molecule has 0 bridgehead atoms. The molecule has 3 amide bonds. The van der Waals surface area contributed by atoms with Gasteiger partial charge in [-0.15, -0.1) is 11.3 Å². The van der Waals surface area contributed by atoms with Gasteiger partial charge in [0.2, 0.25) is 5.91 Å². The number of hydrogen-bond donors (Lipinski definition) is 2. The van der Waals surface area contributed by atoms with Crippen LogP contribution in [0, 0.1) is 0 Å². The second-order valence-corrected chi connectivity index (χ2v) is 17.5. The average Bonchev–Trinajstić information content (AvgIpc) is 3.61. The van der Waals surface area contributed by atoms with Crippen molar-refractivity contribution < 1.29 is 33.4 Å². The number of likely N-dealkylation sites (N-methyl/N-ethyl adjacent to an activating group) is 1. The molecule has 1 aliphatic carbocycles. The zero-order valence-electron chi connectivity index (χ0n) is 36.6. The second-order valence-electron chi connectivity index (χ2n) is 16.4. The smallest absolute Gasteiger partial charge is 0.337 e. The summed E-state index contributed by atoms with van der Waals surface area (Å²) in [5.41, 5.74) is 5.02. The fraction of sp³-hybridized carbons (Fsp3) is 0.468. The third-order valence-electron chi connectivity index (χ3n) is 10.8. The summed E-state index contributed by atoms with van der Waals surface area (Å²) < 4.78 is 10.1. The van der Waals surface area contributed by atoms with Crippen LogP contribution in [0.25, 0.3) is 0 Å². The Kier molecular flexibility index (Phi) is 16.7. The summed E-state index contributed by atoms with van der Waals surface area (Å²) in [6.45, 7) is 11.2. The zero-order chi connectivity index (χ0) is 44.1. The molecule has 61 heavy (non-hydrogen) atoms. The van der Waals surface area contributed by atoms with Gasteiger partial charge in [-0.1, -0.05) is 26.0 Å². The van der Waals surface area contributed by atoms with Crippen molar-refractivity contribution in [2.45, 2.75) is 117 Å². The molecule has 0 atom stereocenters. The second kappa shape index (κ2) is 21.9. The van der Waals surface area contributed by atoms with E-state index in [1.54, 1.807) is 69.4 Å². The minimum Gasteiger partial charge on any atom is -0.465 e. The number of fused-ring (bicyclic) bond motifs is 1. The lowest BCUT2D eigenvalue weighted by Gasteiger charge is -2.32. The van der Waals surface area contributed by atoms with Crippen LogP contribution in [0.1, 0.15) is 132 Å². The first-order chi connectivity index (χ1) is 29.2. The molecule has 0 saturated heterocycles. The van der Waals surface area contributed by atoms with Crippen molar-refractivity contribution in [3.8, 4) is 0 Å². The number of rotatable bonds is 19. The third kappa shape index (κ3) is 13.5. The molecule has 3 aromatic heterocycles. The lowest BCUT2D eigenvalue weighted by molar-refractivity contribution is -0.156. The Labute approximate surface area is 363 Å². The number of benzene rings is 1. The van der Waals surface area contributed by atoms with Crippen LogP contribution in [0.3, 0.4) is 0 Å². The maximum absolute atomic E-state index is 14.0. The molecule has 5 rings (SSSR count). The quantitative estimate of drug-likeness (QED) is 0.0884. The van der Waals surface area contributed by atoms with Crippen LogP contribution in [0.2, 0.25) is 0 Å². The van der Waals surface area contributed by atoms with Crippen molar-refractivity contribution in [2.24, 2.45) is 0 Å². The van der Waals surface area contributed by atoms with Crippen LogP contribution < -0.4 is 10.6 Å². The van der Waals surface area contributed by atoms with E-state index >= 15 is 0 Å². The molecule has 4 aromatic rings. The number of methoxy groups -OCH3 is 1. The topological polar surface area (TPSA) is 160 Å². The number of thiophene rings is 1. The highest BCUT2D eigenvalue weighted by atomic mass is 32.1. The molecular formula is C47H60N6O7S. The van der Waals surface area contributed by atoms with Crippen LogP contribution in [0.5, 0.6) is 0 Å². The number of esters is 2. The van der Waals surface area contributed by atoms with Crippen LogP contribution in [0.4, 0.5) is 10.7 Å². The number of nitrogens with zero attached hydrogens (tertiary/aromatic N) is 4. The first-order valence-corrected chi connectivity index (χ1v) is 22.0. The van der Waals surface area contributed by atoms with Gasteiger partial charge in [0, 0.05) is 61.5 Å². The Morgan fingerprint density at radius 3 is 2.25 bits per heavy atom. The van der Waals surface area contributed by atoms with Crippen molar-refractivity contribution in [3.05, 3.63) is 105 Å². The van der Waals surface area contributed by atoms with Crippen LogP contribution in [-0.2, 0) is 51.3 Å². The number of carbonyl (C=O) groups excluding carboxylic acids is 5. The van der Waals surface area contributed by atoms with Crippen molar-refractivity contribution >= 4 is 51.7 Å². The summed E-state index contributed by atoms with van der Waals surface area (Å²) in [6, 6.07) is 14.7. The number of carbonyl (C=O) groups is 5. The monoisotopic (exact) mass is 852 g/mol. The van der Waals surface area contributed by atoms with E-state index < -0.39 is 11.6 Å². The largest absolute Gasteiger partial charge is 0.465 e. The first-order valence-electron chi connectivity index (χ1n) is 21.2. The standard InChI is InChI=1S/C47H60N6O7S/c1-8-37(9-2)53(27-26-52(6)40(54)22-23-41(55)60-47(3,4)5)30-36-28-33(24-25-48-36)43(56)51-45-42(38-12-10-11-13-39(38)61-45)44(57)50-35-21-20-34(49-29-35)19-16-31-14-17-32(18-15-31)46(58)59-7/h14-15,17-18,20-21,24-25,28-29,37H,8-13,16,19,22-23,26-27,30H2,1-7H3,(H,50,57)(H,51,56). The molecule has 0 radical (unpaired) electrons. The van der Waals surface area contributed by atoms with E-state index in [4.69, 9.17) is 9.47 Å². The summed E-state index contributed by atoms with van der Waals surface area (Å²) in [5, 5.41) is 6.62. The zero-order valence-corrected chi connectivity index (χ0v) is 37.4. The molecule has 0 unspecified atom stereocenters. The van der Waals surface area contributed by atoms with Gasteiger partial charge in [-0.2, -0.15) is 0 Å². The number of aryl methyl sites for hydroxylation is 3. The summed E-state index contributed by atoms with van der Waals surface area (Å²) in [7, 11) is 3.11. The maximum Gasteiger partial charge on any atom is 0.337 e. The van der Waals surface area contributed by atoms with E-state index in [9.17, 15) is 24.0 Å². The van der Waals surface area contributed by atoms with Gasteiger partial charge >= 0.3 is 11.9 Å². The third-order valence-corrected chi connectivity index (χ3v) is 12.0. The summed E-state index contributed by atoms with van der Waals surface area (Å²) in [5.74, 6) is -1.51. The molecule has 0 aliphatic heterocycles. The fourth-order valence-corrected chi connectivity index (χ4v) is 8.69. The number of amides is 3. The van der Waals surface area contributed by atoms with E-state index in [0.717, 1.165) is 66.6 Å². The lowest BCUT2D eigenvalue weighted by atomic mass is 9.95. The molecule has 1 aliphatic rings. The van der Waals surface area contributed by atoms with Gasteiger partial charge in [-0.25, -0.2) is 4.79 Å². The highest BCUT2D eigenvalue weighted by Crippen LogP contribution is 2.39. The predicted molar refractivity (Wildman–Crippen MR) is 238 cm³/mol. The molecule has 13 nitrogen and oxygen atoms in total. The Balaban J connectivity index is 1.22. The van der Waals surface area contributed by atoms with E-state index in [0.29, 0.717) is 59.1 Å². The van der Waals surface area contributed by atoms with Gasteiger partial charge in [-0.3, -0.25) is 34.0 Å². The number of aromatic nitrogens is 2. The van der Waals surface area contributed by atoms with Gasteiger partial charge in [0.25, 0.3) is 11.8 Å². The van der Waals surface area contributed by atoms with Gasteiger partial charge in [0.15, 0.2) is 0 Å². The number of pyridine rings is 2. The molecule has 0 saturated carbocycles. The number of anilines is 2. The maximum atomic E-state index is 14.0. The molecule has 2 N–H and O–H groups in total. The van der Waals surface area contributed by atoms with Crippen LogP contribution >= 0.6 is 11.3 Å². The van der Waals surface area contributed by atoms with Gasteiger partial charge in [0.05, 0.1) is 42.2 Å². The highest BCUT2D eigenvalue weighted by molar-refractivity contribution is 7.17. The van der Waals surface area contributed by atoms with E-state index in [2.05, 4.69) is 39.3 Å². The highest BCUT2D eigenvalue weighted by Gasteiger charge is 2.27. The normalized spacial score (nSPS) is 12.5. The van der Waals surface area contributed by atoms with E-state index in [1.807, 2.05) is 24.3 Å². The van der Waals surface area contributed by atoms with Gasteiger partial charge < -0.3 is 25.0 Å². The molecule has 14 heteroatoms. The Morgan fingerprint density at radius 2 is 1.57 bits per heavy atom. The van der Waals surface area contributed by atoms with Crippen molar-refractivity contribution in [3.63, 3.8) is 0 Å². The summed E-state index contributed by atoms with van der Waals surface area (Å²) in [6.07, 6.45) is 10.2. The van der Waals surface area contributed by atoms with Crippen molar-refractivity contribution in [2.75, 3.05) is 37.9 Å². The Morgan fingerprint density at radius 1 is 0.836 bits per heavy atom. The Hall–Kier alpha value is -5.47.